The van der Waals surface area contributed by atoms with E-state index in [1.165, 1.54) is 11.1 Å². The van der Waals surface area contributed by atoms with E-state index < -0.39 is 0 Å². The molecule has 1 heterocycles. The molecule has 1 saturated heterocycles. The maximum atomic E-state index is 12.3. The summed E-state index contributed by atoms with van der Waals surface area (Å²) in [6.45, 7) is 12.8. The molecule has 1 aliphatic rings. The predicted octanol–water partition coefficient (Wildman–Crippen LogP) is 1.48. The maximum absolute atomic E-state index is 12.3. The highest BCUT2D eigenvalue weighted by molar-refractivity contribution is 5.78. The van der Waals surface area contributed by atoms with Crippen molar-refractivity contribution in [1.82, 2.24) is 15.1 Å². The van der Waals surface area contributed by atoms with Gasteiger partial charge in [-0.1, -0.05) is 18.2 Å². The van der Waals surface area contributed by atoms with Gasteiger partial charge in [0.1, 0.15) is 0 Å². The van der Waals surface area contributed by atoms with Crippen molar-refractivity contribution in [3.8, 4) is 0 Å². The third kappa shape index (κ3) is 5.58. The standard InChI is InChI=1S/C19H31N3O2/c1-14-5-6-18(11-15(14)2)17(4)20-19(24)13-22-9-7-21(8-10-22)12-16(3)23/h5-6,11,16-17,23H,7-10,12-13H2,1-4H3,(H,20,24)/t16-,17+/m0/s1. The first-order chi connectivity index (χ1) is 11.3. The number of nitrogens with zero attached hydrogens (tertiary/aromatic N) is 2. The molecule has 0 aliphatic carbocycles. The fourth-order valence-electron chi connectivity index (χ4n) is 3.11. The first kappa shape index (κ1) is 18.9. The van der Waals surface area contributed by atoms with Gasteiger partial charge in [0.2, 0.25) is 5.91 Å². The number of aliphatic hydroxyl groups is 1. The SMILES string of the molecule is Cc1ccc([C@@H](C)NC(=O)CN2CCN(C[C@H](C)O)CC2)cc1C. The zero-order valence-corrected chi connectivity index (χ0v) is 15.4. The van der Waals surface area contributed by atoms with Crippen LogP contribution in [0.5, 0.6) is 0 Å². The van der Waals surface area contributed by atoms with Crippen LogP contribution >= 0.6 is 0 Å². The minimum absolute atomic E-state index is 0.0216. The molecule has 0 unspecified atom stereocenters. The Labute approximate surface area is 145 Å². The van der Waals surface area contributed by atoms with E-state index in [1.54, 1.807) is 0 Å². The molecular weight excluding hydrogens is 302 g/mol. The lowest BCUT2D eigenvalue weighted by Gasteiger charge is -2.35. The summed E-state index contributed by atoms with van der Waals surface area (Å²) in [7, 11) is 0. The number of β-amino-alcohol motifs (C(OH)–C–C–N with tert-alkyl or cyclic N) is 1. The van der Waals surface area contributed by atoms with Gasteiger partial charge in [-0.2, -0.15) is 0 Å². The number of hydrogen-bond acceptors (Lipinski definition) is 4. The highest BCUT2D eigenvalue weighted by Gasteiger charge is 2.20. The van der Waals surface area contributed by atoms with Crippen LogP contribution in [0, 0.1) is 13.8 Å². The van der Waals surface area contributed by atoms with E-state index in [-0.39, 0.29) is 18.1 Å². The van der Waals surface area contributed by atoms with Gasteiger partial charge in [-0.25, -0.2) is 0 Å². The monoisotopic (exact) mass is 333 g/mol. The summed E-state index contributed by atoms with van der Waals surface area (Å²) in [5.74, 6) is 0.0738. The quantitative estimate of drug-likeness (QED) is 0.828. The molecule has 134 valence electrons. The third-order valence-corrected chi connectivity index (χ3v) is 4.76. The first-order valence-electron chi connectivity index (χ1n) is 8.84. The minimum Gasteiger partial charge on any atom is -0.392 e. The van der Waals surface area contributed by atoms with E-state index in [0.29, 0.717) is 13.1 Å². The van der Waals surface area contributed by atoms with Crippen LogP contribution in [0.25, 0.3) is 0 Å². The van der Waals surface area contributed by atoms with Gasteiger partial charge < -0.3 is 10.4 Å². The van der Waals surface area contributed by atoms with Gasteiger partial charge in [-0.3, -0.25) is 14.6 Å². The molecule has 5 heteroatoms. The molecule has 0 radical (unpaired) electrons. The summed E-state index contributed by atoms with van der Waals surface area (Å²) in [4.78, 5) is 16.7. The van der Waals surface area contributed by atoms with Crippen molar-refractivity contribution in [2.24, 2.45) is 0 Å². The molecule has 2 atom stereocenters. The van der Waals surface area contributed by atoms with E-state index in [2.05, 4.69) is 47.2 Å². The van der Waals surface area contributed by atoms with Crippen molar-refractivity contribution < 1.29 is 9.90 Å². The minimum atomic E-state index is -0.293. The molecule has 1 amide bonds. The first-order valence-corrected chi connectivity index (χ1v) is 8.84. The lowest BCUT2D eigenvalue weighted by Crippen LogP contribution is -2.50. The van der Waals surface area contributed by atoms with Gasteiger partial charge in [0.25, 0.3) is 0 Å². The molecule has 2 N–H and O–H groups in total. The average Bonchev–Trinajstić information content (AvgIpc) is 2.51. The number of carbonyl (C=O) groups is 1. The normalized spacial score (nSPS) is 19.0. The number of aryl methyl sites for hydroxylation is 2. The van der Waals surface area contributed by atoms with E-state index >= 15 is 0 Å². The number of nitrogens with one attached hydrogen (secondary N) is 1. The lowest BCUT2D eigenvalue weighted by atomic mass is 10.0. The van der Waals surface area contributed by atoms with Crippen LogP contribution in [-0.2, 0) is 4.79 Å². The Hall–Kier alpha value is -1.43. The Bertz CT molecular complexity index is 552. The largest absolute Gasteiger partial charge is 0.392 e. The Balaban J connectivity index is 1.78. The van der Waals surface area contributed by atoms with Gasteiger partial charge in [0.15, 0.2) is 0 Å². The van der Waals surface area contributed by atoms with E-state index in [0.717, 1.165) is 31.7 Å². The summed E-state index contributed by atoms with van der Waals surface area (Å²) in [6, 6.07) is 6.36. The van der Waals surface area contributed by atoms with E-state index in [1.807, 2.05) is 13.8 Å². The molecule has 0 aromatic heterocycles. The number of aliphatic hydroxyl groups excluding tert-OH is 1. The van der Waals surface area contributed by atoms with Crippen LogP contribution in [0.3, 0.4) is 0 Å². The third-order valence-electron chi connectivity index (χ3n) is 4.76. The molecule has 0 spiro atoms. The van der Waals surface area contributed by atoms with E-state index in [9.17, 15) is 9.90 Å². The summed E-state index contributed by atoms with van der Waals surface area (Å²) >= 11 is 0. The molecule has 2 rings (SSSR count). The Morgan fingerprint density at radius 2 is 1.75 bits per heavy atom. The molecule has 0 saturated carbocycles. The van der Waals surface area contributed by atoms with Crippen LogP contribution in [-0.4, -0.2) is 66.2 Å². The molecule has 5 nitrogen and oxygen atoms in total. The van der Waals surface area contributed by atoms with Gasteiger partial charge in [0, 0.05) is 32.7 Å². The second-order valence-corrected chi connectivity index (χ2v) is 7.06. The van der Waals surface area contributed by atoms with Crippen LogP contribution in [0.2, 0.25) is 0 Å². The molecular formula is C19H31N3O2. The van der Waals surface area contributed by atoms with Crippen LogP contribution in [0.15, 0.2) is 18.2 Å². The summed E-state index contributed by atoms with van der Waals surface area (Å²) in [5.41, 5.74) is 3.67. The number of benzene rings is 1. The second kappa shape index (κ2) is 8.60. The van der Waals surface area contributed by atoms with Gasteiger partial charge in [0.05, 0.1) is 18.7 Å². The highest BCUT2D eigenvalue weighted by Crippen LogP contribution is 2.16. The van der Waals surface area contributed by atoms with Crippen molar-refractivity contribution in [1.29, 1.82) is 0 Å². The lowest BCUT2D eigenvalue weighted by molar-refractivity contribution is -0.123. The van der Waals surface area contributed by atoms with Crippen molar-refractivity contribution in [2.75, 3.05) is 39.3 Å². The van der Waals surface area contributed by atoms with Crippen LogP contribution < -0.4 is 5.32 Å². The van der Waals surface area contributed by atoms with Crippen molar-refractivity contribution >= 4 is 5.91 Å². The van der Waals surface area contributed by atoms with Gasteiger partial charge in [-0.05, 0) is 44.4 Å². The molecule has 0 bridgehead atoms. The number of hydrogen-bond donors (Lipinski definition) is 2. The summed E-state index contributed by atoms with van der Waals surface area (Å²) in [6.07, 6.45) is -0.293. The van der Waals surface area contributed by atoms with E-state index in [4.69, 9.17) is 0 Å². The number of amides is 1. The van der Waals surface area contributed by atoms with Gasteiger partial charge >= 0.3 is 0 Å². The molecule has 1 fully saturated rings. The second-order valence-electron chi connectivity index (χ2n) is 7.06. The zero-order chi connectivity index (χ0) is 17.7. The topological polar surface area (TPSA) is 55.8 Å². The predicted molar refractivity (Wildman–Crippen MR) is 97.0 cm³/mol. The Kier molecular flexibility index (Phi) is 6.78. The number of rotatable bonds is 6. The Morgan fingerprint density at radius 1 is 1.12 bits per heavy atom. The summed E-state index contributed by atoms with van der Waals surface area (Å²) < 4.78 is 0. The van der Waals surface area contributed by atoms with Gasteiger partial charge in [-0.15, -0.1) is 0 Å². The molecule has 1 aromatic rings. The molecule has 1 aromatic carbocycles. The number of carbonyl (C=O) groups excluding carboxylic acids is 1. The van der Waals surface area contributed by atoms with Crippen LogP contribution in [0.4, 0.5) is 0 Å². The molecule has 1 aliphatic heterocycles. The highest BCUT2D eigenvalue weighted by atomic mass is 16.3. The maximum Gasteiger partial charge on any atom is 0.234 e. The average molecular weight is 333 g/mol. The fourth-order valence-corrected chi connectivity index (χ4v) is 3.11. The summed E-state index contributed by atoms with van der Waals surface area (Å²) in [5, 5.41) is 12.5. The smallest absolute Gasteiger partial charge is 0.234 e. The molecule has 24 heavy (non-hydrogen) atoms. The van der Waals surface area contributed by atoms with Crippen molar-refractivity contribution in [2.45, 2.75) is 39.8 Å². The van der Waals surface area contributed by atoms with Crippen LogP contribution in [0.1, 0.15) is 36.6 Å². The fraction of sp³-hybridized carbons (Fsp3) is 0.632. The zero-order valence-electron chi connectivity index (χ0n) is 15.4. The van der Waals surface area contributed by atoms with Crippen molar-refractivity contribution in [3.05, 3.63) is 34.9 Å². The Morgan fingerprint density at radius 3 is 2.33 bits per heavy atom. The van der Waals surface area contributed by atoms with Crippen molar-refractivity contribution in [3.63, 3.8) is 0 Å². The number of piperazine rings is 1.